The number of fused-ring (bicyclic) bond motifs is 1. The van der Waals surface area contributed by atoms with Crippen molar-refractivity contribution in [1.82, 2.24) is 5.32 Å². The number of piperidine rings is 1. The summed E-state index contributed by atoms with van der Waals surface area (Å²) in [5.74, 6) is 1.66. The normalized spacial score (nSPS) is 19.9. The first-order chi connectivity index (χ1) is 8.93. The van der Waals surface area contributed by atoms with Crippen molar-refractivity contribution in [1.29, 1.82) is 0 Å². The van der Waals surface area contributed by atoms with Crippen LogP contribution in [0.4, 0.5) is 0 Å². The van der Waals surface area contributed by atoms with Crippen molar-refractivity contribution < 1.29 is 4.74 Å². The van der Waals surface area contributed by atoms with Crippen molar-refractivity contribution in [2.24, 2.45) is 5.92 Å². The highest BCUT2D eigenvalue weighted by Gasteiger charge is 2.13. The zero-order valence-corrected chi connectivity index (χ0v) is 10.6. The van der Waals surface area contributed by atoms with Crippen LogP contribution in [0.5, 0.6) is 5.75 Å². The van der Waals surface area contributed by atoms with Gasteiger partial charge in [0.25, 0.3) is 0 Å². The maximum Gasteiger partial charge on any atom is 0.127 e. The van der Waals surface area contributed by atoms with Gasteiger partial charge in [-0.15, -0.1) is 0 Å². The van der Waals surface area contributed by atoms with Gasteiger partial charge in [0, 0.05) is 17.8 Å². The zero-order chi connectivity index (χ0) is 12.2. The van der Waals surface area contributed by atoms with Crippen LogP contribution < -0.4 is 10.1 Å². The third-order valence-electron chi connectivity index (χ3n) is 3.62. The Kier molecular flexibility index (Phi) is 3.47. The van der Waals surface area contributed by atoms with Gasteiger partial charge in [-0.25, -0.2) is 0 Å². The summed E-state index contributed by atoms with van der Waals surface area (Å²) in [5, 5.41) is 5.89. The molecule has 2 heteroatoms. The standard InChI is InChI=1S/C16H19NO/c1-2-8-15-14(6-1)7-3-9-16(15)18-12-13-5-4-10-17-11-13/h1-3,6-9,13,17H,4-5,10-12H2/t13-/m1/s1. The molecule has 0 bridgehead atoms. The Hall–Kier alpha value is -1.54. The van der Waals surface area contributed by atoms with Crippen LogP contribution in [0, 0.1) is 5.92 Å². The van der Waals surface area contributed by atoms with Crippen LogP contribution in [0.25, 0.3) is 10.8 Å². The Morgan fingerprint density at radius 1 is 1.11 bits per heavy atom. The van der Waals surface area contributed by atoms with E-state index in [2.05, 4.69) is 47.8 Å². The third kappa shape index (κ3) is 2.49. The van der Waals surface area contributed by atoms with E-state index in [1.165, 1.54) is 23.6 Å². The van der Waals surface area contributed by atoms with Gasteiger partial charge in [-0.2, -0.15) is 0 Å². The predicted octanol–water partition coefficient (Wildman–Crippen LogP) is 3.22. The number of hydrogen-bond acceptors (Lipinski definition) is 2. The Balaban J connectivity index is 1.74. The molecule has 1 N–H and O–H groups in total. The lowest BCUT2D eigenvalue weighted by atomic mass is 10.0. The number of nitrogens with one attached hydrogen (secondary N) is 1. The summed E-state index contributed by atoms with van der Waals surface area (Å²) in [6, 6.07) is 14.7. The largest absolute Gasteiger partial charge is 0.493 e. The minimum atomic E-state index is 0.651. The maximum absolute atomic E-state index is 6.02. The lowest BCUT2D eigenvalue weighted by Crippen LogP contribution is -2.33. The van der Waals surface area contributed by atoms with Crippen LogP contribution in [-0.4, -0.2) is 19.7 Å². The van der Waals surface area contributed by atoms with Crippen LogP contribution in [0.1, 0.15) is 12.8 Å². The summed E-state index contributed by atoms with van der Waals surface area (Å²) in [6.45, 7) is 3.07. The lowest BCUT2D eigenvalue weighted by Gasteiger charge is -2.23. The molecule has 0 saturated carbocycles. The van der Waals surface area contributed by atoms with E-state index in [1.807, 2.05) is 0 Å². The van der Waals surface area contributed by atoms with Gasteiger partial charge >= 0.3 is 0 Å². The van der Waals surface area contributed by atoms with E-state index < -0.39 is 0 Å². The molecule has 1 fully saturated rings. The van der Waals surface area contributed by atoms with Gasteiger partial charge in [0.05, 0.1) is 6.61 Å². The number of ether oxygens (including phenoxy) is 1. The molecule has 1 atom stereocenters. The van der Waals surface area contributed by atoms with Crippen LogP contribution >= 0.6 is 0 Å². The molecule has 1 aliphatic rings. The van der Waals surface area contributed by atoms with Crippen molar-refractivity contribution in [3.8, 4) is 5.75 Å². The maximum atomic E-state index is 6.02. The van der Waals surface area contributed by atoms with E-state index in [0.717, 1.165) is 25.4 Å². The minimum Gasteiger partial charge on any atom is -0.493 e. The topological polar surface area (TPSA) is 21.3 Å². The first-order valence-electron chi connectivity index (χ1n) is 6.75. The van der Waals surface area contributed by atoms with Crippen LogP contribution in [0.3, 0.4) is 0 Å². The summed E-state index contributed by atoms with van der Waals surface area (Å²) in [6.07, 6.45) is 2.54. The minimum absolute atomic E-state index is 0.651. The molecule has 2 aromatic carbocycles. The average Bonchev–Trinajstić information content (AvgIpc) is 2.46. The van der Waals surface area contributed by atoms with E-state index in [1.54, 1.807) is 0 Å². The van der Waals surface area contributed by atoms with Crippen molar-refractivity contribution in [2.45, 2.75) is 12.8 Å². The number of benzene rings is 2. The Morgan fingerprint density at radius 3 is 2.89 bits per heavy atom. The monoisotopic (exact) mass is 241 g/mol. The van der Waals surface area contributed by atoms with Gasteiger partial charge in [-0.05, 0) is 30.8 Å². The molecule has 18 heavy (non-hydrogen) atoms. The second-order valence-corrected chi connectivity index (χ2v) is 5.00. The van der Waals surface area contributed by atoms with Crippen molar-refractivity contribution in [3.05, 3.63) is 42.5 Å². The lowest BCUT2D eigenvalue weighted by molar-refractivity contribution is 0.220. The van der Waals surface area contributed by atoms with Crippen molar-refractivity contribution in [3.63, 3.8) is 0 Å². The highest BCUT2D eigenvalue weighted by molar-refractivity contribution is 5.88. The molecule has 2 nitrogen and oxygen atoms in total. The molecule has 0 radical (unpaired) electrons. The highest BCUT2D eigenvalue weighted by Crippen LogP contribution is 2.26. The van der Waals surface area contributed by atoms with E-state index >= 15 is 0 Å². The van der Waals surface area contributed by atoms with Gasteiger partial charge < -0.3 is 10.1 Å². The van der Waals surface area contributed by atoms with Crippen molar-refractivity contribution >= 4 is 10.8 Å². The van der Waals surface area contributed by atoms with Crippen LogP contribution in [0.15, 0.2) is 42.5 Å². The molecule has 1 saturated heterocycles. The third-order valence-corrected chi connectivity index (χ3v) is 3.62. The first-order valence-corrected chi connectivity index (χ1v) is 6.75. The Morgan fingerprint density at radius 2 is 2.00 bits per heavy atom. The van der Waals surface area contributed by atoms with Crippen LogP contribution in [0.2, 0.25) is 0 Å². The fourth-order valence-electron chi connectivity index (χ4n) is 2.60. The van der Waals surface area contributed by atoms with E-state index in [-0.39, 0.29) is 0 Å². The molecule has 1 aliphatic heterocycles. The Labute approximate surface area is 108 Å². The van der Waals surface area contributed by atoms with E-state index in [4.69, 9.17) is 4.74 Å². The molecule has 94 valence electrons. The molecule has 0 spiro atoms. The molecule has 2 aromatic rings. The van der Waals surface area contributed by atoms with Crippen LogP contribution in [-0.2, 0) is 0 Å². The molecule has 3 rings (SSSR count). The quantitative estimate of drug-likeness (QED) is 0.891. The summed E-state index contributed by atoms with van der Waals surface area (Å²) in [4.78, 5) is 0. The second kappa shape index (κ2) is 5.40. The molecule has 0 unspecified atom stereocenters. The molecule has 0 aliphatic carbocycles. The molecular weight excluding hydrogens is 222 g/mol. The van der Waals surface area contributed by atoms with Gasteiger partial charge in [0.15, 0.2) is 0 Å². The fourth-order valence-corrected chi connectivity index (χ4v) is 2.60. The summed E-state index contributed by atoms with van der Waals surface area (Å²) < 4.78 is 6.02. The summed E-state index contributed by atoms with van der Waals surface area (Å²) >= 11 is 0. The molecule has 1 heterocycles. The smallest absolute Gasteiger partial charge is 0.127 e. The van der Waals surface area contributed by atoms with E-state index in [9.17, 15) is 0 Å². The number of rotatable bonds is 3. The van der Waals surface area contributed by atoms with Gasteiger partial charge in [0.1, 0.15) is 5.75 Å². The summed E-state index contributed by atoms with van der Waals surface area (Å²) in [7, 11) is 0. The molecule has 0 aromatic heterocycles. The molecule has 0 amide bonds. The number of hydrogen-bond donors (Lipinski definition) is 1. The average molecular weight is 241 g/mol. The predicted molar refractivity (Wildman–Crippen MR) is 75.0 cm³/mol. The summed E-state index contributed by atoms with van der Waals surface area (Å²) in [5.41, 5.74) is 0. The first kappa shape index (κ1) is 11.5. The zero-order valence-electron chi connectivity index (χ0n) is 10.6. The van der Waals surface area contributed by atoms with E-state index in [0.29, 0.717) is 5.92 Å². The second-order valence-electron chi connectivity index (χ2n) is 5.00. The van der Waals surface area contributed by atoms with Gasteiger partial charge in [0.2, 0.25) is 0 Å². The van der Waals surface area contributed by atoms with Gasteiger partial charge in [-0.1, -0.05) is 36.4 Å². The van der Waals surface area contributed by atoms with Crippen molar-refractivity contribution in [2.75, 3.05) is 19.7 Å². The molecular formula is C16H19NO. The fraction of sp³-hybridized carbons (Fsp3) is 0.375. The highest BCUT2D eigenvalue weighted by atomic mass is 16.5. The SMILES string of the molecule is c1ccc2c(OC[C@@H]3CCCNC3)cccc2c1. The van der Waals surface area contributed by atoms with Gasteiger partial charge in [-0.3, -0.25) is 0 Å². The Bertz CT molecular complexity index is 512.